The van der Waals surface area contributed by atoms with Gasteiger partial charge in [0.2, 0.25) is 11.1 Å². The van der Waals surface area contributed by atoms with Crippen molar-refractivity contribution in [1.82, 2.24) is 30.0 Å². The summed E-state index contributed by atoms with van der Waals surface area (Å²) in [6.45, 7) is 4.73. The van der Waals surface area contributed by atoms with E-state index in [0.717, 1.165) is 17.1 Å². The molecule has 3 N–H and O–H groups in total. The van der Waals surface area contributed by atoms with Gasteiger partial charge in [0.15, 0.2) is 0 Å². The summed E-state index contributed by atoms with van der Waals surface area (Å²) < 4.78 is 3.32. The van der Waals surface area contributed by atoms with Gasteiger partial charge in [0.05, 0.1) is 29.4 Å². The van der Waals surface area contributed by atoms with E-state index < -0.39 is 0 Å². The molecule has 0 fully saturated rings. The highest BCUT2D eigenvalue weighted by atomic mass is 32.2. The number of thioether (sulfide) groups is 1. The summed E-state index contributed by atoms with van der Waals surface area (Å²) >= 11 is 1.27. The number of anilines is 1. The number of rotatable bonds is 6. The Morgan fingerprint density at radius 3 is 2.81 bits per heavy atom. The van der Waals surface area contributed by atoms with Crippen molar-refractivity contribution in [1.29, 1.82) is 0 Å². The van der Waals surface area contributed by atoms with Gasteiger partial charge in [-0.05, 0) is 24.3 Å². The van der Waals surface area contributed by atoms with Crippen molar-refractivity contribution >= 4 is 23.4 Å². The molecule has 0 unspecified atom stereocenters. The van der Waals surface area contributed by atoms with E-state index in [-0.39, 0.29) is 11.7 Å². The minimum Gasteiger partial charge on any atom is -0.329 e. The standard InChI is InChI=1S/C11H18N8OS/c1-7-10(8(2)18(3)15-7)13-9(20)6-21-11-14-16-17-19(11)5-4-12/h4-6,12H2,1-3H3,(H,13,20). The van der Waals surface area contributed by atoms with Gasteiger partial charge in [-0.25, -0.2) is 4.68 Å². The molecule has 9 nitrogen and oxygen atoms in total. The van der Waals surface area contributed by atoms with Crippen LogP contribution in [0.5, 0.6) is 0 Å². The van der Waals surface area contributed by atoms with Crippen LogP contribution in [-0.4, -0.2) is 48.2 Å². The molecule has 0 radical (unpaired) electrons. The fraction of sp³-hybridized carbons (Fsp3) is 0.545. The van der Waals surface area contributed by atoms with E-state index in [9.17, 15) is 4.79 Å². The second-order valence-electron chi connectivity index (χ2n) is 4.48. The lowest BCUT2D eigenvalue weighted by Crippen LogP contribution is -2.16. The number of nitrogens with two attached hydrogens (primary N) is 1. The summed E-state index contributed by atoms with van der Waals surface area (Å²) in [4.78, 5) is 12.0. The van der Waals surface area contributed by atoms with Gasteiger partial charge in [0.25, 0.3) is 0 Å². The summed E-state index contributed by atoms with van der Waals surface area (Å²) in [5, 5.41) is 19.0. The molecule has 0 saturated carbocycles. The molecular weight excluding hydrogens is 292 g/mol. The molecule has 0 spiro atoms. The van der Waals surface area contributed by atoms with Crippen LogP contribution in [0.3, 0.4) is 0 Å². The minimum atomic E-state index is -0.124. The minimum absolute atomic E-state index is 0.124. The lowest BCUT2D eigenvalue weighted by atomic mass is 10.3. The first-order valence-electron chi connectivity index (χ1n) is 6.42. The topological polar surface area (TPSA) is 117 Å². The van der Waals surface area contributed by atoms with Crippen molar-refractivity contribution in [3.63, 3.8) is 0 Å². The number of carbonyl (C=O) groups excluding carboxylic acids is 1. The summed E-state index contributed by atoms with van der Waals surface area (Å²) in [7, 11) is 1.84. The molecular formula is C11H18N8OS. The highest BCUT2D eigenvalue weighted by Crippen LogP contribution is 2.19. The van der Waals surface area contributed by atoms with Crippen LogP contribution in [0.25, 0.3) is 0 Å². The van der Waals surface area contributed by atoms with Crippen molar-refractivity contribution < 1.29 is 4.79 Å². The third kappa shape index (κ3) is 3.58. The Morgan fingerprint density at radius 1 is 1.43 bits per heavy atom. The first kappa shape index (κ1) is 15.4. The Hall–Kier alpha value is -1.94. The van der Waals surface area contributed by atoms with E-state index in [4.69, 9.17) is 5.73 Å². The van der Waals surface area contributed by atoms with E-state index in [2.05, 4.69) is 25.9 Å². The van der Waals surface area contributed by atoms with Crippen molar-refractivity contribution in [3.05, 3.63) is 11.4 Å². The SMILES string of the molecule is Cc1nn(C)c(C)c1NC(=O)CSc1nnnn1CCN. The van der Waals surface area contributed by atoms with Crippen LogP contribution in [-0.2, 0) is 18.4 Å². The van der Waals surface area contributed by atoms with Gasteiger partial charge in [-0.15, -0.1) is 5.10 Å². The molecule has 0 aromatic carbocycles. The molecule has 114 valence electrons. The van der Waals surface area contributed by atoms with Crippen LogP contribution < -0.4 is 11.1 Å². The van der Waals surface area contributed by atoms with E-state index in [1.165, 1.54) is 11.8 Å². The lowest BCUT2D eigenvalue weighted by molar-refractivity contribution is -0.113. The van der Waals surface area contributed by atoms with E-state index >= 15 is 0 Å². The number of aryl methyl sites for hydroxylation is 2. The number of aromatic nitrogens is 6. The largest absolute Gasteiger partial charge is 0.329 e. The first-order chi connectivity index (χ1) is 10.0. The predicted octanol–water partition coefficient (Wildman–Crippen LogP) is -0.287. The molecule has 0 aliphatic carbocycles. The van der Waals surface area contributed by atoms with Gasteiger partial charge in [0, 0.05) is 13.6 Å². The highest BCUT2D eigenvalue weighted by Gasteiger charge is 2.14. The fourth-order valence-electron chi connectivity index (χ4n) is 1.82. The van der Waals surface area contributed by atoms with Gasteiger partial charge in [-0.1, -0.05) is 11.8 Å². The molecule has 21 heavy (non-hydrogen) atoms. The van der Waals surface area contributed by atoms with Crippen molar-refractivity contribution in [2.24, 2.45) is 12.8 Å². The van der Waals surface area contributed by atoms with Crippen molar-refractivity contribution in [2.75, 3.05) is 17.6 Å². The van der Waals surface area contributed by atoms with Crippen LogP contribution in [0.15, 0.2) is 5.16 Å². The third-order valence-corrected chi connectivity index (χ3v) is 3.90. The van der Waals surface area contributed by atoms with Crippen molar-refractivity contribution in [3.8, 4) is 0 Å². The maximum atomic E-state index is 12.0. The average molecular weight is 310 g/mol. The second kappa shape index (κ2) is 6.68. The van der Waals surface area contributed by atoms with Gasteiger partial charge in [0.1, 0.15) is 0 Å². The maximum Gasteiger partial charge on any atom is 0.234 e. The third-order valence-electron chi connectivity index (χ3n) is 2.95. The van der Waals surface area contributed by atoms with Crippen LogP contribution in [0.4, 0.5) is 5.69 Å². The van der Waals surface area contributed by atoms with Crippen LogP contribution >= 0.6 is 11.8 Å². The Morgan fingerprint density at radius 2 is 2.19 bits per heavy atom. The molecule has 2 rings (SSSR count). The molecule has 0 aliphatic rings. The van der Waals surface area contributed by atoms with Gasteiger partial charge in [-0.3, -0.25) is 9.48 Å². The van der Waals surface area contributed by atoms with Crippen molar-refractivity contribution in [2.45, 2.75) is 25.5 Å². The summed E-state index contributed by atoms with van der Waals surface area (Å²) in [6.07, 6.45) is 0. The molecule has 1 amide bonds. The molecule has 0 atom stereocenters. The summed E-state index contributed by atoms with van der Waals surface area (Å²) in [6, 6.07) is 0. The predicted molar refractivity (Wildman–Crippen MR) is 78.9 cm³/mol. The maximum absolute atomic E-state index is 12.0. The zero-order valence-corrected chi connectivity index (χ0v) is 13.0. The van der Waals surface area contributed by atoms with Crippen LogP contribution in [0.1, 0.15) is 11.4 Å². The van der Waals surface area contributed by atoms with E-state index in [1.807, 2.05) is 20.9 Å². The number of carbonyl (C=O) groups is 1. The monoisotopic (exact) mass is 310 g/mol. The average Bonchev–Trinajstić information content (AvgIpc) is 2.97. The van der Waals surface area contributed by atoms with Gasteiger partial charge < -0.3 is 11.1 Å². The number of amides is 1. The van der Waals surface area contributed by atoms with Crippen LogP contribution in [0.2, 0.25) is 0 Å². The molecule has 0 aliphatic heterocycles. The number of tetrazole rings is 1. The number of nitrogens with one attached hydrogen (secondary N) is 1. The Kier molecular flexibility index (Phi) is 4.91. The van der Waals surface area contributed by atoms with Crippen LogP contribution in [0, 0.1) is 13.8 Å². The first-order valence-corrected chi connectivity index (χ1v) is 7.40. The quantitative estimate of drug-likeness (QED) is 0.704. The smallest absolute Gasteiger partial charge is 0.234 e. The normalized spacial score (nSPS) is 10.9. The molecule has 2 aromatic rings. The molecule has 2 heterocycles. The van der Waals surface area contributed by atoms with Gasteiger partial charge >= 0.3 is 0 Å². The van der Waals surface area contributed by atoms with E-state index in [1.54, 1.807) is 9.36 Å². The number of hydrogen-bond acceptors (Lipinski definition) is 7. The Bertz CT molecular complexity index is 634. The summed E-state index contributed by atoms with van der Waals surface area (Å²) in [5.41, 5.74) is 7.93. The molecule has 10 heteroatoms. The number of nitrogens with zero attached hydrogens (tertiary/aromatic N) is 6. The lowest BCUT2D eigenvalue weighted by Gasteiger charge is -2.05. The Labute approximate surface area is 126 Å². The van der Waals surface area contributed by atoms with Gasteiger partial charge in [-0.2, -0.15) is 5.10 Å². The highest BCUT2D eigenvalue weighted by molar-refractivity contribution is 7.99. The second-order valence-corrected chi connectivity index (χ2v) is 5.42. The Balaban J connectivity index is 1.94. The molecule has 2 aromatic heterocycles. The summed E-state index contributed by atoms with van der Waals surface area (Å²) in [5.74, 6) is 0.0973. The number of hydrogen-bond donors (Lipinski definition) is 2. The zero-order chi connectivity index (χ0) is 15.4. The molecule has 0 saturated heterocycles. The zero-order valence-electron chi connectivity index (χ0n) is 12.2. The molecule has 0 bridgehead atoms. The van der Waals surface area contributed by atoms with E-state index in [0.29, 0.717) is 18.2 Å². The fourth-order valence-corrected chi connectivity index (χ4v) is 2.53.